The normalized spacial score (nSPS) is 37.6. The van der Waals surface area contributed by atoms with Crippen molar-refractivity contribution >= 4 is 5.91 Å². The molecule has 1 amide bonds. The smallest absolute Gasteiger partial charge is 0.224 e. The second-order valence-electron chi connectivity index (χ2n) is 3.46. The largest absolute Gasteiger partial charge is 0.356 e. The lowest BCUT2D eigenvalue weighted by molar-refractivity contribution is -0.124. The maximum Gasteiger partial charge on any atom is 0.224 e. The molecule has 2 fully saturated rings. The van der Waals surface area contributed by atoms with Gasteiger partial charge in [0.25, 0.3) is 0 Å². The van der Waals surface area contributed by atoms with E-state index in [-0.39, 0.29) is 11.8 Å². The van der Waals surface area contributed by atoms with Crippen molar-refractivity contribution < 1.29 is 4.79 Å². The van der Waals surface area contributed by atoms with Crippen LogP contribution < -0.4 is 10.6 Å². The van der Waals surface area contributed by atoms with Crippen LogP contribution in [0.4, 0.5) is 0 Å². The molecule has 2 heterocycles. The Bertz CT molecular complexity index is 169. The van der Waals surface area contributed by atoms with E-state index in [0.717, 1.165) is 26.1 Å². The molecule has 0 saturated carbocycles. The molecule has 0 bridgehead atoms. The molecule has 2 N–H and O–H groups in total. The van der Waals surface area contributed by atoms with Crippen LogP contribution >= 0.6 is 0 Å². The van der Waals surface area contributed by atoms with Gasteiger partial charge in [0, 0.05) is 13.1 Å². The van der Waals surface area contributed by atoms with Crippen LogP contribution in [-0.4, -0.2) is 25.5 Å². The van der Waals surface area contributed by atoms with E-state index in [0.29, 0.717) is 5.92 Å². The Morgan fingerprint density at radius 2 is 2.27 bits per heavy atom. The number of fused-ring (bicyclic) bond motifs is 1. The van der Waals surface area contributed by atoms with Crippen molar-refractivity contribution in [3.05, 3.63) is 0 Å². The molecule has 2 aliphatic heterocycles. The molecule has 0 unspecified atom stereocenters. The molecule has 0 aromatic heterocycles. The number of nitrogens with one attached hydrogen (secondary N) is 2. The molecule has 2 atom stereocenters. The van der Waals surface area contributed by atoms with Crippen LogP contribution in [-0.2, 0) is 4.79 Å². The topological polar surface area (TPSA) is 41.1 Å². The van der Waals surface area contributed by atoms with Gasteiger partial charge in [-0.1, -0.05) is 0 Å². The van der Waals surface area contributed by atoms with Crippen LogP contribution in [0.15, 0.2) is 0 Å². The van der Waals surface area contributed by atoms with Gasteiger partial charge in [-0.15, -0.1) is 0 Å². The average Bonchev–Trinajstić information content (AvgIpc) is 2.40. The molecule has 0 radical (unpaired) electrons. The van der Waals surface area contributed by atoms with E-state index in [1.807, 2.05) is 0 Å². The van der Waals surface area contributed by atoms with E-state index in [4.69, 9.17) is 0 Å². The predicted molar refractivity (Wildman–Crippen MR) is 42.1 cm³/mol. The Morgan fingerprint density at radius 3 is 3.18 bits per heavy atom. The van der Waals surface area contributed by atoms with Crippen molar-refractivity contribution in [1.29, 1.82) is 0 Å². The lowest BCUT2D eigenvalue weighted by atomic mass is 9.93. The van der Waals surface area contributed by atoms with Gasteiger partial charge in [0.2, 0.25) is 5.91 Å². The molecular formula is C8H14N2O. The maximum absolute atomic E-state index is 11.3. The minimum absolute atomic E-state index is 0.262. The zero-order valence-corrected chi connectivity index (χ0v) is 6.60. The van der Waals surface area contributed by atoms with Gasteiger partial charge in [0.05, 0.1) is 5.92 Å². The lowest BCUT2D eigenvalue weighted by Gasteiger charge is -2.11. The number of carbonyl (C=O) groups excluding carboxylic acids is 1. The summed E-state index contributed by atoms with van der Waals surface area (Å²) in [7, 11) is 0. The molecule has 3 heteroatoms. The summed E-state index contributed by atoms with van der Waals surface area (Å²) in [6.07, 6.45) is 2.35. The fraction of sp³-hybridized carbons (Fsp3) is 0.875. The van der Waals surface area contributed by atoms with Gasteiger partial charge in [-0.05, 0) is 25.3 Å². The molecule has 2 aliphatic rings. The molecule has 0 aromatic rings. The highest BCUT2D eigenvalue weighted by Gasteiger charge is 2.33. The van der Waals surface area contributed by atoms with Crippen molar-refractivity contribution in [2.45, 2.75) is 12.8 Å². The zero-order valence-electron chi connectivity index (χ0n) is 6.60. The van der Waals surface area contributed by atoms with E-state index in [1.54, 1.807) is 0 Å². The maximum atomic E-state index is 11.3. The van der Waals surface area contributed by atoms with E-state index in [1.165, 1.54) is 6.42 Å². The highest BCUT2D eigenvalue weighted by molar-refractivity contribution is 5.79. The number of amides is 1. The molecule has 2 rings (SSSR count). The second-order valence-corrected chi connectivity index (χ2v) is 3.46. The number of hydrogen-bond acceptors (Lipinski definition) is 2. The third kappa shape index (κ3) is 1.25. The minimum Gasteiger partial charge on any atom is -0.356 e. The molecule has 0 aromatic carbocycles. The van der Waals surface area contributed by atoms with E-state index in [2.05, 4.69) is 10.6 Å². The van der Waals surface area contributed by atoms with Gasteiger partial charge in [-0.25, -0.2) is 0 Å². The van der Waals surface area contributed by atoms with E-state index >= 15 is 0 Å². The first-order valence-corrected chi connectivity index (χ1v) is 4.36. The van der Waals surface area contributed by atoms with Crippen LogP contribution in [0.1, 0.15) is 12.8 Å². The summed E-state index contributed by atoms with van der Waals surface area (Å²) in [6.45, 7) is 2.81. The van der Waals surface area contributed by atoms with E-state index < -0.39 is 0 Å². The molecule has 3 nitrogen and oxygen atoms in total. The number of hydrogen-bond donors (Lipinski definition) is 2. The fourth-order valence-corrected chi connectivity index (χ4v) is 2.05. The van der Waals surface area contributed by atoms with Crippen molar-refractivity contribution in [2.24, 2.45) is 11.8 Å². The quantitative estimate of drug-likeness (QED) is 0.504. The third-order valence-electron chi connectivity index (χ3n) is 2.73. The summed E-state index contributed by atoms with van der Waals surface area (Å²) in [6, 6.07) is 0. The van der Waals surface area contributed by atoms with Crippen LogP contribution in [0.25, 0.3) is 0 Å². The number of rotatable bonds is 0. The Balaban J connectivity index is 2.09. The molecular weight excluding hydrogens is 140 g/mol. The summed E-state index contributed by atoms with van der Waals surface area (Å²) in [5, 5.41) is 6.20. The van der Waals surface area contributed by atoms with Crippen LogP contribution in [0.3, 0.4) is 0 Å². The number of carbonyl (C=O) groups is 1. The fourth-order valence-electron chi connectivity index (χ4n) is 2.05. The van der Waals surface area contributed by atoms with E-state index in [9.17, 15) is 4.79 Å². The van der Waals surface area contributed by atoms with Crippen molar-refractivity contribution in [1.82, 2.24) is 10.6 Å². The summed E-state index contributed by atoms with van der Waals surface area (Å²) in [5.74, 6) is 1.13. The van der Waals surface area contributed by atoms with Gasteiger partial charge >= 0.3 is 0 Å². The molecule has 0 aliphatic carbocycles. The first-order chi connectivity index (χ1) is 5.38. The molecule has 2 saturated heterocycles. The highest BCUT2D eigenvalue weighted by atomic mass is 16.1. The Kier molecular flexibility index (Phi) is 1.82. The Hall–Kier alpha value is -0.570. The summed E-state index contributed by atoms with van der Waals surface area (Å²) in [5.41, 5.74) is 0. The summed E-state index contributed by atoms with van der Waals surface area (Å²) in [4.78, 5) is 11.3. The summed E-state index contributed by atoms with van der Waals surface area (Å²) < 4.78 is 0. The van der Waals surface area contributed by atoms with Crippen LogP contribution in [0.2, 0.25) is 0 Å². The van der Waals surface area contributed by atoms with Crippen molar-refractivity contribution in [3.8, 4) is 0 Å². The van der Waals surface area contributed by atoms with Gasteiger partial charge in [-0.3, -0.25) is 4.79 Å². The zero-order chi connectivity index (χ0) is 7.68. The molecule has 0 spiro atoms. The van der Waals surface area contributed by atoms with Gasteiger partial charge in [0.15, 0.2) is 0 Å². The SMILES string of the molecule is O=C1NCCC[C@H]2CNC[C@H]12. The second kappa shape index (κ2) is 2.81. The monoisotopic (exact) mass is 154 g/mol. The van der Waals surface area contributed by atoms with Gasteiger partial charge < -0.3 is 10.6 Å². The first kappa shape index (κ1) is 7.10. The van der Waals surface area contributed by atoms with Crippen LogP contribution in [0.5, 0.6) is 0 Å². The minimum atomic E-state index is 0.262. The van der Waals surface area contributed by atoms with Gasteiger partial charge in [-0.2, -0.15) is 0 Å². The molecule has 62 valence electrons. The molecule has 11 heavy (non-hydrogen) atoms. The Morgan fingerprint density at radius 1 is 1.36 bits per heavy atom. The average molecular weight is 154 g/mol. The van der Waals surface area contributed by atoms with Crippen molar-refractivity contribution in [2.75, 3.05) is 19.6 Å². The highest BCUT2D eigenvalue weighted by Crippen LogP contribution is 2.23. The van der Waals surface area contributed by atoms with Gasteiger partial charge in [0.1, 0.15) is 0 Å². The standard InChI is InChI=1S/C8H14N2O/c11-8-7-5-9-4-6(7)2-1-3-10-8/h6-7,9H,1-5H2,(H,10,11)/t6-,7-/m0/s1. The first-order valence-electron chi connectivity index (χ1n) is 4.36. The van der Waals surface area contributed by atoms with Crippen molar-refractivity contribution in [3.63, 3.8) is 0 Å². The lowest BCUT2D eigenvalue weighted by Crippen LogP contribution is -2.32. The summed E-state index contributed by atoms with van der Waals surface area (Å²) >= 11 is 0. The Labute approximate surface area is 66.5 Å². The van der Waals surface area contributed by atoms with Crippen LogP contribution in [0, 0.1) is 11.8 Å². The third-order valence-corrected chi connectivity index (χ3v) is 2.73. The predicted octanol–water partition coefficient (Wildman–Crippen LogP) is -0.268.